The van der Waals surface area contributed by atoms with E-state index in [1.165, 1.54) is 0 Å². The van der Waals surface area contributed by atoms with E-state index >= 15 is 0 Å². The summed E-state index contributed by atoms with van der Waals surface area (Å²) < 4.78 is 5.50. The summed E-state index contributed by atoms with van der Waals surface area (Å²) in [5.74, 6) is 5.85. The predicted molar refractivity (Wildman–Crippen MR) is 62.6 cm³/mol. The Kier molecular flexibility index (Phi) is 6.27. The highest BCUT2D eigenvalue weighted by molar-refractivity contribution is 5.84. The molecular formula is C13H22O2. The molecule has 0 N–H and O–H groups in total. The van der Waals surface area contributed by atoms with Gasteiger partial charge in [-0.1, -0.05) is 20.8 Å². The first kappa shape index (κ1) is 14.2. The lowest BCUT2D eigenvalue weighted by Crippen LogP contribution is -2.37. The van der Waals surface area contributed by atoms with Crippen LogP contribution in [0.1, 0.15) is 47.5 Å². The molecule has 1 unspecified atom stereocenters. The van der Waals surface area contributed by atoms with Gasteiger partial charge in [0, 0.05) is 19.4 Å². The van der Waals surface area contributed by atoms with Crippen LogP contribution in [-0.2, 0) is 9.53 Å². The molecule has 0 spiro atoms. The van der Waals surface area contributed by atoms with Gasteiger partial charge < -0.3 is 4.74 Å². The van der Waals surface area contributed by atoms with Gasteiger partial charge in [0.05, 0.1) is 0 Å². The fraction of sp³-hybridized carbons (Fsp3) is 0.769. The van der Waals surface area contributed by atoms with Gasteiger partial charge in [-0.15, -0.1) is 11.8 Å². The first-order valence-corrected chi connectivity index (χ1v) is 5.47. The van der Waals surface area contributed by atoms with Crippen LogP contribution in [0.4, 0.5) is 0 Å². The number of carbonyl (C=O) groups excluding carboxylic acids is 1. The van der Waals surface area contributed by atoms with Crippen LogP contribution in [0.2, 0.25) is 0 Å². The van der Waals surface area contributed by atoms with Crippen LogP contribution in [-0.4, -0.2) is 18.5 Å². The van der Waals surface area contributed by atoms with Gasteiger partial charge in [0.15, 0.2) is 5.78 Å². The number of hydrogen-bond acceptors (Lipinski definition) is 2. The molecule has 0 heterocycles. The van der Waals surface area contributed by atoms with E-state index in [9.17, 15) is 4.79 Å². The Bertz CT molecular complexity index is 250. The van der Waals surface area contributed by atoms with E-state index in [0.717, 1.165) is 0 Å². The quantitative estimate of drug-likeness (QED) is 0.652. The number of carbonyl (C=O) groups is 1. The van der Waals surface area contributed by atoms with E-state index in [1.807, 2.05) is 27.7 Å². The highest BCUT2D eigenvalue weighted by atomic mass is 16.5. The molecule has 2 heteroatoms. The molecular weight excluding hydrogens is 188 g/mol. The third-order valence-corrected chi connectivity index (χ3v) is 2.09. The first-order valence-electron chi connectivity index (χ1n) is 5.47. The maximum atomic E-state index is 11.9. The van der Waals surface area contributed by atoms with E-state index in [2.05, 4.69) is 11.8 Å². The zero-order valence-corrected chi connectivity index (χ0v) is 10.5. The molecule has 0 bridgehead atoms. The van der Waals surface area contributed by atoms with Gasteiger partial charge in [-0.2, -0.15) is 0 Å². The third kappa shape index (κ3) is 5.59. The topological polar surface area (TPSA) is 26.3 Å². The van der Waals surface area contributed by atoms with Crippen LogP contribution in [0.5, 0.6) is 0 Å². The van der Waals surface area contributed by atoms with Gasteiger partial charge in [0.1, 0.15) is 6.10 Å². The van der Waals surface area contributed by atoms with Gasteiger partial charge in [-0.25, -0.2) is 0 Å². The predicted octanol–water partition coefficient (Wildman–Crippen LogP) is 2.81. The normalized spacial score (nSPS) is 12.9. The lowest BCUT2D eigenvalue weighted by atomic mass is 9.85. The maximum absolute atomic E-state index is 11.9. The number of ether oxygens (including phenoxy) is 1. The molecule has 0 aromatic heterocycles. The molecule has 0 aliphatic rings. The second-order valence-electron chi connectivity index (χ2n) is 4.59. The van der Waals surface area contributed by atoms with Crippen LogP contribution in [0.15, 0.2) is 0 Å². The Morgan fingerprint density at radius 3 is 2.40 bits per heavy atom. The molecule has 0 saturated carbocycles. The second-order valence-corrected chi connectivity index (χ2v) is 4.59. The molecule has 1 atom stereocenters. The lowest BCUT2D eigenvalue weighted by molar-refractivity contribution is -0.137. The molecule has 15 heavy (non-hydrogen) atoms. The molecule has 0 fully saturated rings. The fourth-order valence-electron chi connectivity index (χ4n) is 1.43. The average Bonchev–Trinajstić information content (AvgIpc) is 2.12. The minimum absolute atomic E-state index is 0.132. The highest BCUT2D eigenvalue weighted by Gasteiger charge is 2.30. The van der Waals surface area contributed by atoms with E-state index in [4.69, 9.17) is 4.74 Å². The highest BCUT2D eigenvalue weighted by Crippen LogP contribution is 2.24. The summed E-state index contributed by atoms with van der Waals surface area (Å²) in [4.78, 5) is 11.9. The second kappa shape index (κ2) is 6.63. The van der Waals surface area contributed by atoms with Crippen LogP contribution in [0.3, 0.4) is 0 Å². The summed E-state index contributed by atoms with van der Waals surface area (Å²) in [5.41, 5.74) is -0.132. The Morgan fingerprint density at radius 2 is 2.00 bits per heavy atom. The van der Waals surface area contributed by atoms with E-state index in [0.29, 0.717) is 19.4 Å². The lowest BCUT2D eigenvalue weighted by Gasteiger charge is -2.28. The maximum Gasteiger partial charge on any atom is 0.163 e. The monoisotopic (exact) mass is 210 g/mol. The fourth-order valence-corrected chi connectivity index (χ4v) is 1.43. The van der Waals surface area contributed by atoms with Crippen molar-refractivity contribution in [2.24, 2.45) is 5.41 Å². The van der Waals surface area contributed by atoms with Crippen molar-refractivity contribution in [1.82, 2.24) is 0 Å². The number of rotatable bonds is 5. The van der Waals surface area contributed by atoms with Crippen molar-refractivity contribution in [3.05, 3.63) is 0 Å². The summed E-state index contributed by atoms with van der Waals surface area (Å²) in [6, 6.07) is 0. The number of ketones is 1. The van der Waals surface area contributed by atoms with Gasteiger partial charge >= 0.3 is 0 Å². The summed E-state index contributed by atoms with van der Waals surface area (Å²) in [6.45, 7) is 10.4. The Balaban J connectivity index is 4.34. The molecule has 0 radical (unpaired) electrons. The Morgan fingerprint density at radius 1 is 1.40 bits per heavy atom. The van der Waals surface area contributed by atoms with Crippen molar-refractivity contribution in [1.29, 1.82) is 0 Å². The van der Waals surface area contributed by atoms with Gasteiger partial charge in [0.25, 0.3) is 0 Å². The number of Topliss-reactive ketones (excluding diaryl/α,β-unsaturated/α-hetero) is 1. The van der Waals surface area contributed by atoms with Crippen molar-refractivity contribution in [3.63, 3.8) is 0 Å². The molecule has 0 amide bonds. The molecule has 86 valence electrons. The van der Waals surface area contributed by atoms with E-state index in [1.54, 1.807) is 6.92 Å². The van der Waals surface area contributed by atoms with Crippen molar-refractivity contribution in [2.45, 2.75) is 53.6 Å². The largest absolute Gasteiger partial charge is 0.370 e. The van der Waals surface area contributed by atoms with Gasteiger partial charge in [0.2, 0.25) is 0 Å². The van der Waals surface area contributed by atoms with E-state index < -0.39 is 0 Å². The van der Waals surface area contributed by atoms with Crippen LogP contribution in [0, 0.1) is 17.3 Å². The standard InChI is InChI=1S/C13H22O2/c1-6-8-9-10-11(14)12(15-7-2)13(3,4)5/h12H,7,9-10H2,1-5H3. The first-order chi connectivity index (χ1) is 6.93. The smallest absolute Gasteiger partial charge is 0.163 e. The summed E-state index contributed by atoms with van der Waals surface area (Å²) in [5, 5.41) is 0. The third-order valence-electron chi connectivity index (χ3n) is 2.09. The Hall–Kier alpha value is -0.810. The molecule has 0 aliphatic heterocycles. The van der Waals surface area contributed by atoms with Crippen LogP contribution < -0.4 is 0 Å². The average molecular weight is 210 g/mol. The summed E-state index contributed by atoms with van der Waals surface area (Å²) >= 11 is 0. The van der Waals surface area contributed by atoms with Gasteiger partial charge in [-0.05, 0) is 19.3 Å². The zero-order valence-electron chi connectivity index (χ0n) is 10.5. The number of hydrogen-bond donors (Lipinski definition) is 0. The van der Waals surface area contributed by atoms with Crippen molar-refractivity contribution in [3.8, 4) is 11.8 Å². The van der Waals surface area contributed by atoms with Crippen molar-refractivity contribution < 1.29 is 9.53 Å². The SMILES string of the molecule is CC#CCCC(=O)C(OCC)C(C)(C)C. The van der Waals surface area contributed by atoms with Crippen molar-refractivity contribution in [2.75, 3.05) is 6.61 Å². The zero-order chi connectivity index (χ0) is 11.9. The molecule has 0 saturated heterocycles. The van der Waals surface area contributed by atoms with Crippen LogP contribution in [0.25, 0.3) is 0 Å². The summed E-state index contributed by atoms with van der Waals surface area (Å²) in [7, 11) is 0. The molecule has 0 aliphatic carbocycles. The minimum Gasteiger partial charge on any atom is -0.370 e. The summed E-state index contributed by atoms with van der Waals surface area (Å²) in [6.07, 6.45) is 0.818. The minimum atomic E-state index is -0.304. The van der Waals surface area contributed by atoms with Gasteiger partial charge in [-0.3, -0.25) is 4.79 Å². The molecule has 0 rings (SSSR count). The van der Waals surface area contributed by atoms with E-state index in [-0.39, 0.29) is 17.3 Å². The van der Waals surface area contributed by atoms with Crippen molar-refractivity contribution >= 4 is 5.78 Å². The van der Waals surface area contributed by atoms with Crippen LogP contribution >= 0.6 is 0 Å². The molecule has 2 nitrogen and oxygen atoms in total. The molecule has 0 aromatic carbocycles. The Labute approximate surface area is 93.4 Å². The molecule has 0 aromatic rings.